The van der Waals surface area contributed by atoms with Gasteiger partial charge in [-0.05, 0) is 35.9 Å². The van der Waals surface area contributed by atoms with Crippen molar-refractivity contribution in [1.29, 1.82) is 0 Å². The summed E-state index contributed by atoms with van der Waals surface area (Å²) in [5, 5.41) is 49.3. The van der Waals surface area contributed by atoms with Gasteiger partial charge in [0.15, 0.2) is 11.5 Å². The van der Waals surface area contributed by atoms with Crippen molar-refractivity contribution in [3.05, 3.63) is 60.2 Å². The predicted molar refractivity (Wildman–Crippen MR) is 104 cm³/mol. The highest BCUT2D eigenvalue weighted by Gasteiger charge is 2.45. The summed E-state index contributed by atoms with van der Waals surface area (Å²) in [4.78, 5) is 11.9. The number of ether oxygens (including phenoxy) is 3. The van der Waals surface area contributed by atoms with Gasteiger partial charge in [0, 0.05) is 6.08 Å². The SMILES string of the molecule is O=C(C=Cc1ccc(O)cc1)OCC1OC(Oc2ccccc2O)C(O)C(O)C1O. The van der Waals surface area contributed by atoms with Crippen LogP contribution in [0.15, 0.2) is 54.6 Å². The van der Waals surface area contributed by atoms with Crippen LogP contribution in [-0.2, 0) is 14.3 Å². The van der Waals surface area contributed by atoms with Crippen LogP contribution in [0.1, 0.15) is 5.56 Å². The number of phenolic OH excluding ortho intramolecular Hbond substituents is 2. The predicted octanol–water partition coefficient (Wildman–Crippen LogP) is 0.541. The van der Waals surface area contributed by atoms with Crippen molar-refractivity contribution in [3.63, 3.8) is 0 Å². The van der Waals surface area contributed by atoms with Crippen molar-refractivity contribution >= 4 is 12.0 Å². The van der Waals surface area contributed by atoms with Crippen molar-refractivity contribution in [2.45, 2.75) is 30.7 Å². The van der Waals surface area contributed by atoms with Crippen LogP contribution < -0.4 is 4.74 Å². The van der Waals surface area contributed by atoms with Gasteiger partial charge in [0.2, 0.25) is 6.29 Å². The Morgan fingerprint density at radius 1 is 0.967 bits per heavy atom. The fourth-order valence-electron chi connectivity index (χ4n) is 2.80. The fraction of sp³-hybridized carbons (Fsp3) is 0.286. The number of para-hydroxylation sites is 2. The third kappa shape index (κ3) is 5.28. The standard InChI is InChI=1S/C21H22O9/c22-13-8-5-12(6-9-13)7-10-17(24)28-11-16-18(25)19(26)20(27)21(30-16)29-15-4-2-1-3-14(15)23/h1-10,16,18-23,25-27H,11H2. The van der Waals surface area contributed by atoms with Crippen LogP contribution in [0.4, 0.5) is 0 Å². The van der Waals surface area contributed by atoms with E-state index in [0.29, 0.717) is 5.56 Å². The molecule has 9 nitrogen and oxygen atoms in total. The van der Waals surface area contributed by atoms with Gasteiger partial charge in [-0.15, -0.1) is 0 Å². The van der Waals surface area contributed by atoms with Gasteiger partial charge in [-0.25, -0.2) is 4.79 Å². The molecular weight excluding hydrogens is 396 g/mol. The molecule has 160 valence electrons. The minimum Gasteiger partial charge on any atom is -0.508 e. The lowest BCUT2D eigenvalue weighted by Crippen LogP contribution is -2.60. The molecule has 1 aliphatic rings. The molecule has 30 heavy (non-hydrogen) atoms. The van der Waals surface area contributed by atoms with E-state index in [2.05, 4.69) is 0 Å². The summed E-state index contributed by atoms with van der Waals surface area (Å²) >= 11 is 0. The first kappa shape index (κ1) is 21.6. The Bertz CT molecular complexity index is 880. The maximum Gasteiger partial charge on any atom is 0.330 e. The number of aliphatic hydroxyl groups excluding tert-OH is 3. The maximum atomic E-state index is 11.9. The normalized spacial score (nSPS) is 26.4. The molecule has 5 N–H and O–H groups in total. The molecule has 0 saturated carbocycles. The Morgan fingerprint density at radius 3 is 2.37 bits per heavy atom. The van der Waals surface area contributed by atoms with Crippen molar-refractivity contribution in [2.24, 2.45) is 0 Å². The van der Waals surface area contributed by atoms with Crippen molar-refractivity contribution in [1.82, 2.24) is 0 Å². The molecule has 0 bridgehead atoms. The van der Waals surface area contributed by atoms with E-state index in [4.69, 9.17) is 14.2 Å². The summed E-state index contributed by atoms with van der Waals surface area (Å²) in [5.74, 6) is -0.814. The number of rotatable bonds is 6. The van der Waals surface area contributed by atoms with Gasteiger partial charge in [-0.3, -0.25) is 0 Å². The molecule has 0 spiro atoms. The topological polar surface area (TPSA) is 146 Å². The lowest BCUT2D eigenvalue weighted by Gasteiger charge is -2.39. The van der Waals surface area contributed by atoms with Crippen LogP contribution in [-0.4, -0.2) is 68.8 Å². The zero-order chi connectivity index (χ0) is 21.7. The van der Waals surface area contributed by atoms with Gasteiger partial charge in [-0.2, -0.15) is 0 Å². The van der Waals surface area contributed by atoms with E-state index in [9.17, 15) is 30.3 Å². The molecular formula is C21H22O9. The highest BCUT2D eigenvalue weighted by Crippen LogP contribution is 2.29. The first-order valence-electron chi connectivity index (χ1n) is 9.13. The molecule has 1 aliphatic heterocycles. The summed E-state index contributed by atoms with van der Waals surface area (Å²) in [7, 11) is 0. The number of carbonyl (C=O) groups excluding carboxylic acids is 1. The van der Waals surface area contributed by atoms with Crippen LogP contribution in [0.2, 0.25) is 0 Å². The van der Waals surface area contributed by atoms with Crippen LogP contribution in [0.25, 0.3) is 6.08 Å². The van der Waals surface area contributed by atoms with Crippen LogP contribution in [0.5, 0.6) is 17.2 Å². The molecule has 0 aliphatic carbocycles. The first-order valence-corrected chi connectivity index (χ1v) is 9.13. The Balaban J connectivity index is 1.59. The minimum absolute atomic E-state index is 0.0118. The largest absolute Gasteiger partial charge is 0.508 e. The molecule has 2 aromatic carbocycles. The third-order valence-corrected chi connectivity index (χ3v) is 4.47. The highest BCUT2D eigenvalue weighted by molar-refractivity contribution is 5.87. The van der Waals surface area contributed by atoms with Crippen LogP contribution in [0.3, 0.4) is 0 Å². The molecule has 5 unspecified atom stereocenters. The third-order valence-electron chi connectivity index (χ3n) is 4.47. The van der Waals surface area contributed by atoms with Gasteiger partial charge in [-0.1, -0.05) is 24.3 Å². The maximum absolute atomic E-state index is 11.9. The molecule has 2 aromatic rings. The number of esters is 1. The molecule has 9 heteroatoms. The second kappa shape index (κ2) is 9.59. The lowest BCUT2D eigenvalue weighted by molar-refractivity contribution is -0.278. The zero-order valence-corrected chi connectivity index (χ0v) is 15.7. The number of carbonyl (C=O) groups is 1. The van der Waals surface area contributed by atoms with E-state index >= 15 is 0 Å². The first-order chi connectivity index (χ1) is 14.3. The lowest BCUT2D eigenvalue weighted by atomic mass is 9.99. The Kier molecular flexibility index (Phi) is 6.91. The summed E-state index contributed by atoms with van der Waals surface area (Å²) in [6.07, 6.45) is -4.70. The fourth-order valence-corrected chi connectivity index (χ4v) is 2.80. The molecule has 0 radical (unpaired) electrons. The monoisotopic (exact) mass is 418 g/mol. The number of benzene rings is 2. The summed E-state index contributed by atoms with van der Waals surface area (Å²) in [6, 6.07) is 12.1. The van der Waals surface area contributed by atoms with Crippen LogP contribution in [0, 0.1) is 0 Å². The Hall–Kier alpha value is -3.11. The quantitative estimate of drug-likeness (QED) is 0.335. The van der Waals surface area contributed by atoms with Crippen molar-refractivity contribution < 1.29 is 44.5 Å². The smallest absolute Gasteiger partial charge is 0.330 e. The van der Waals surface area contributed by atoms with Crippen LogP contribution >= 0.6 is 0 Å². The summed E-state index contributed by atoms with van der Waals surface area (Å²) in [6.45, 7) is -0.412. The minimum atomic E-state index is -1.62. The number of phenols is 2. The number of aliphatic hydroxyl groups is 3. The van der Waals surface area contributed by atoms with Gasteiger partial charge in [0.25, 0.3) is 0 Å². The van der Waals surface area contributed by atoms with E-state index in [1.54, 1.807) is 24.3 Å². The van der Waals surface area contributed by atoms with E-state index < -0.39 is 43.3 Å². The molecule has 0 amide bonds. The molecule has 1 fully saturated rings. The molecule has 5 atom stereocenters. The average molecular weight is 418 g/mol. The van der Waals surface area contributed by atoms with Gasteiger partial charge in [0.05, 0.1) is 0 Å². The van der Waals surface area contributed by atoms with Gasteiger partial charge < -0.3 is 39.7 Å². The number of hydrogen-bond donors (Lipinski definition) is 5. The average Bonchev–Trinajstić information content (AvgIpc) is 2.74. The Labute approximate surface area is 172 Å². The van der Waals surface area contributed by atoms with Gasteiger partial charge in [0.1, 0.15) is 36.8 Å². The number of aromatic hydroxyl groups is 2. The Morgan fingerprint density at radius 2 is 1.67 bits per heavy atom. The second-order valence-electron chi connectivity index (χ2n) is 6.66. The van der Waals surface area contributed by atoms with E-state index in [1.165, 1.54) is 30.3 Å². The highest BCUT2D eigenvalue weighted by atomic mass is 16.7. The molecule has 3 rings (SSSR count). The molecule has 0 aromatic heterocycles. The summed E-state index contributed by atoms with van der Waals surface area (Å²) < 4.78 is 15.9. The van der Waals surface area contributed by atoms with E-state index in [1.807, 2.05) is 0 Å². The zero-order valence-electron chi connectivity index (χ0n) is 15.7. The van der Waals surface area contributed by atoms with Gasteiger partial charge >= 0.3 is 5.97 Å². The van der Waals surface area contributed by atoms with Crippen molar-refractivity contribution in [2.75, 3.05) is 6.61 Å². The number of hydrogen-bond acceptors (Lipinski definition) is 9. The van der Waals surface area contributed by atoms with Crippen molar-refractivity contribution in [3.8, 4) is 17.2 Å². The molecule has 1 heterocycles. The summed E-state index contributed by atoms with van der Waals surface area (Å²) in [5.41, 5.74) is 0.661. The van der Waals surface area contributed by atoms with E-state index in [-0.39, 0.29) is 17.2 Å². The molecule has 1 saturated heterocycles. The second-order valence-corrected chi connectivity index (χ2v) is 6.66. The van der Waals surface area contributed by atoms with E-state index in [0.717, 1.165) is 6.08 Å².